The summed E-state index contributed by atoms with van der Waals surface area (Å²) in [4.78, 5) is 8.90. The van der Waals surface area contributed by atoms with Crippen molar-refractivity contribution in [1.29, 1.82) is 0 Å². The highest BCUT2D eigenvalue weighted by atomic mass is 35.5. The summed E-state index contributed by atoms with van der Waals surface area (Å²) in [5.41, 5.74) is 3.36. The molecule has 0 aliphatic carbocycles. The molecule has 2 N–H and O–H groups in total. The van der Waals surface area contributed by atoms with Crippen LogP contribution in [-0.2, 0) is 6.42 Å². The smallest absolute Gasteiger partial charge is 0.258 e. The highest BCUT2D eigenvalue weighted by molar-refractivity contribution is 5.92. The minimum absolute atomic E-state index is 0. The Morgan fingerprint density at radius 1 is 1.32 bits per heavy atom. The Bertz CT molecular complexity index is 781. The predicted octanol–water partition coefficient (Wildman–Crippen LogP) is 2.20. The van der Waals surface area contributed by atoms with Crippen LogP contribution in [0.1, 0.15) is 24.1 Å². The zero-order valence-electron chi connectivity index (χ0n) is 13.0. The summed E-state index contributed by atoms with van der Waals surface area (Å²) in [5.74, 6) is 1.20. The minimum Gasteiger partial charge on any atom is -0.334 e. The number of nitrogens with zero attached hydrogens (tertiary/aromatic N) is 4. The van der Waals surface area contributed by atoms with Crippen molar-refractivity contribution in [3.8, 4) is 11.5 Å². The average molecular weight is 323 g/mol. The van der Waals surface area contributed by atoms with Crippen molar-refractivity contribution in [1.82, 2.24) is 30.6 Å². The molecule has 1 atom stereocenters. The summed E-state index contributed by atoms with van der Waals surface area (Å²) in [6, 6.07) is 2.24. The van der Waals surface area contributed by atoms with E-state index in [0.29, 0.717) is 23.4 Å². The van der Waals surface area contributed by atoms with Crippen LogP contribution >= 0.6 is 12.4 Å². The lowest BCUT2D eigenvalue weighted by Crippen LogP contribution is -2.24. The first-order valence-electron chi connectivity index (χ1n) is 6.91. The number of rotatable bonds is 4. The van der Waals surface area contributed by atoms with E-state index in [1.807, 2.05) is 27.0 Å². The highest BCUT2D eigenvalue weighted by Gasteiger charge is 2.17. The maximum absolute atomic E-state index is 5.43. The number of likely N-dealkylation sites (N-methyl/N-ethyl adjacent to an activating group) is 1. The summed E-state index contributed by atoms with van der Waals surface area (Å²) in [7, 11) is 1.91. The molecule has 0 aromatic carbocycles. The highest BCUT2D eigenvalue weighted by Crippen LogP contribution is 2.28. The van der Waals surface area contributed by atoms with Crippen LogP contribution < -0.4 is 5.32 Å². The average Bonchev–Trinajstić information content (AvgIpc) is 3.05. The molecule has 0 amide bonds. The standard InChI is InChI=1S/C14H18N6O.ClH/c1-7(15-4)6-11-17-14(21-20-11)10-5-8(2)16-13-12(10)9(3)18-19-13;/h5,7,15H,6H2,1-4H3,(H,16,18,19);1H. The summed E-state index contributed by atoms with van der Waals surface area (Å²) in [6.45, 7) is 5.95. The van der Waals surface area contributed by atoms with E-state index in [1.54, 1.807) is 0 Å². The molecule has 3 aromatic rings. The van der Waals surface area contributed by atoms with Crippen molar-refractivity contribution >= 4 is 23.4 Å². The quantitative estimate of drug-likeness (QED) is 0.765. The Morgan fingerprint density at radius 3 is 2.82 bits per heavy atom. The van der Waals surface area contributed by atoms with E-state index in [4.69, 9.17) is 4.52 Å². The Kier molecular flexibility index (Phi) is 4.77. The first-order chi connectivity index (χ1) is 10.1. The number of pyridine rings is 1. The zero-order valence-corrected chi connectivity index (χ0v) is 13.8. The minimum atomic E-state index is 0. The Hall–Kier alpha value is -1.99. The molecular formula is C14H19ClN6O. The van der Waals surface area contributed by atoms with Gasteiger partial charge in [0.25, 0.3) is 5.89 Å². The molecule has 0 radical (unpaired) electrons. The van der Waals surface area contributed by atoms with Crippen LogP contribution in [0.2, 0.25) is 0 Å². The van der Waals surface area contributed by atoms with E-state index in [1.165, 1.54) is 0 Å². The fourth-order valence-electron chi connectivity index (χ4n) is 2.29. The molecule has 8 heteroatoms. The molecule has 0 aliphatic rings. The SMILES string of the molecule is CNC(C)Cc1noc(-c2cc(C)nc3n[nH]c(C)c23)n1.Cl. The van der Waals surface area contributed by atoms with E-state index < -0.39 is 0 Å². The Morgan fingerprint density at radius 2 is 2.09 bits per heavy atom. The number of hydrogen-bond donors (Lipinski definition) is 2. The van der Waals surface area contributed by atoms with Crippen LogP contribution in [0, 0.1) is 13.8 Å². The van der Waals surface area contributed by atoms with Gasteiger partial charge in [-0.05, 0) is 33.9 Å². The number of aromatic nitrogens is 5. The predicted molar refractivity (Wildman–Crippen MR) is 86.1 cm³/mol. The zero-order chi connectivity index (χ0) is 15.0. The van der Waals surface area contributed by atoms with Crippen LogP contribution in [0.25, 0.3) is 22.5 Å². The van der Waals surface area contributed by atoms with E-state index >= 15 is 0 Å². The third kappa shape index (κ3) is 2.95. The molecule has 0 fully saturated rings. The molecule has 0 saturated carbocycles. The van der Waals surface area contributed by atoms with E-state index in [0.717, 1.165) is 28.8 Å². The van der Waals surface area contributed by atoms with Gasteiger partial charge in [0.05, 0.1) is 10.9 Å². The third-order valence-electron chi connectivity index (χ3n) is 3.51. The molecule has 3 aromatic heterocycles. The Labute approximate surface area is 134 Å². The van der Waals surface area contributed by atoms with E-state index in [9.17, 15) is 0 Å². The first-order valence-corrected chi connectivity index (χ1v) is 6.91. The van der Waals surface area contributed by atoms with Crippen LogP contribution in [0.4, 0.5) is 0 Å². The van der Waals surface area contributed by atoms with Crippen molar-refractivity contribution in [2.45, 2.75) is 33.2 Å². The van der Waals surface area contributed by atoms with Crippen molar-refractivity contribution in [2.24, 2.45) is 0 Å². The number of fused-ring (bicyclic) bond motifs is 1. The van der Waals surface area contributed by atoms with E-state index in [-0.39, 0.29) is 12.4 Å². The summed E-state index contributed by atoms with van der Waals surface area (Å²) in [6.07, 6.45) is 0.720. The molecule has 0 bridgehead atoms. The third-order valence-corrected chi connectivity index (χ3v) is 3.51. The lowest BCUT2D eigenvalue weighted by Gasteiger charge is -2.04. The lowest BCUT2D eigenvalue weighted by molar-refractivity contribution is 0.418. The number of aromatic amines is 1. The molecule has 0 spiro atoms. The fourth-order valence-corrected chi connectivity index (χ4v) is 2.29. The summed E-state index contributed by atoms with van der Waals surface area (Å²) in [5, 5.41) is 15.3. The Balaban J connectivity index is 0.00000176. The van der Waals surface area contributed by atoms with Gasteiger partial charge in [0.2, 0.25) is 0 Å². The van der Waals surface area contributed by atoms with Gasteiger partial charge in [0.15, 0.2) is 11.5 Å². The lowest BCUT2D eigenvalue weighted by atomic mass is 10.1. The van der Waals surface area contributed by atoms with Gasteiger partial charge in [-0.3, -0.25) is 5.10 Å². The maximum Gasteiger partial charge on any atom is 0.258 e. The fraction of sp³-hybridized carbons (Fsp3) is 0.429. The molecule has 0 saturated heterocycles. The second kappa shape index (κ2) is 6.41. The van der Waals surface area contributed by atoms with Crippen LogP contribution in [0.3, 0.4) is 0 Å². The monoisotopic (exact) mass is 322 g/mol. The van der Waals surface area contributed by atoms with E-state index in [2.05, 4.69) is 37.6 Å². The number of aryl methyl sites for hydroxylation is 2. The van der Waals surface area contributed by atoms with Crippen molar-refractivity contribution < 1.29 is 4.52 Å². The topological polar surface area (TPSA) is 92.5 Å². The van der Waals surface area contributed by atoms with Crippen molar-refractivity contribution in [3.63, 3.8) is 0 Å². The van der Waals surface area contributed by atoms with Crippen LogP contribution in [-0.4, -0.2) is 38.4 Å². The molecule has 7 nitrogen and oxygen atoms in total. The maximum atomic E-state index is 5.43. The van der Waals surface area contributed by atoms with Gasteiger partial charge in [-0.2, -0.15) is 10.1 Å². The van der Waals surface area contributed by atoms with Crippen LogP contribution in [0.5, 0.6) is 0 Å². The summed E-state index contributed by atoms with van der Waals surface area (Å²) < 4.78 is 5.43. The van der Waals surface area contributed by atoms with Gasteiger partial charge < -0.3 is 9.84 Å². The van der Waals surface area contributed by atoms with Crippen molar-refractivity contribution in [2.75, 3.05) is 7.05 Å². The van der Waals surface area contributed by atoms with Gasteiger partial charge in [0.1, 0.15) is 0 Å². The second-order valence-electron chi connectivity index (χ2n) is 5.27. The van der Waals surface area contributed by atoms with Gasteiger partial charge in [-0.15, -0.1) is 12.4 Å². The summed E-state index contributed by atoms with van der Waals surface area (Å²) >= 11 is 0. The van der Waals surface area contributed by atoms with Gasteiger partial charge in [-0.25, -0.2) is 4.98 Å². The molecule has 3 rings (SSSR count). The van der Waals surface area contributed by atoms with Gasteiger partial charge in [-0.1, -0.05) is 5.16 Å². The number of hydrogen-bond acceptors (Lipinski definition) is 6. The van der Waals surface area contributed by atoms with Gasteiger partial charge in [0, 0.05) is 23.9 Å². The van der Waals surface area contributed by atoms with Gasteiger partial charge >= 0.3 is 0 Å². The number of H-pyrrole nitrogens is 1. The first kappa shape index (κ1) is 16.4. The largest absolute Gasteiger partial charge is 0.334 e. The number of nitrogens with one attached hydrogen (secondary N) is 2. The van der Waals surface area contributed by atoms with Crippen molar-refractivity contribution in [3.05, 3.63) is 23.3 Å². The molecular weight excluding hydrogens is 304 g/mol. The molecule has 0 aliphatic heterocycles. The molecule has 22 heavy (non-hydrogen) atoms. The normalized spacial score (nSPS) is 12.4. The molecule has 118 valence electrons. The second-order valence-corrected chi connectivity index (χ2v) is 5.27. The molecule has 3 heterocycles. The number of halogens is 1. The molecule has 1 unspecified atom stereocenters. The van der Waals surface area contributed by atoms with Crippen LogP contribution in [0.15, 0.2) is 10.6 Å².